The highest BCUT2D eigenvalue weighted by Crippen LogP contribution is 2.39. The number of aromatic nitrogens is 1. The molecular weight excluding hydrogens is 701 g/mol. The predicted molar refractivity (Wildman–Crippen MR) is 215 cm³/mol. The fourth-order valence-corrected chi connectivity index (χ4v) is 12.4. The SMILES string of the molecule is CC(C)(C)c1nc(-c2ccccc2)cc(-c2ccc(F)cc2)c1C#CCO[PH](=O)C[C@H](CC(=O)O)O[Si](c1ccccc1)(c1ccccc1)C(C)(C)C. The maximum absolute atomic E-state index is 14.0. The first kappa shape index (κ1) is 39.6. The second-order valence-electron chi connectivity index (χ2n) is 15.1. The van der Waals surface area contributed by atoms with Crippen LogP contribution in [0.2, 0.25) is 5.04 Å². The molecule has 0 radical (unpaired) electrons. The lowest BCUT2D eigenvalue weighted by Crippen LogP contribution is -2.68. The Balaban J connectivity index is 1.45. The molecular formula is C44H47FNO5PSi. The van der Waals surface area contributed by atoms with Gasteiger partial charge in [-0.3, -0.25) is 14.3 Å². The highest BCUT2D eigenvalue weighted by atomic mass is 31.1. The molecule has 1 unspecified atom stereocenters. The highest BCUT2D eigenvalue weighted by molar-refractivity contribution is 7.39. The van der Waals surface area contributed by atoms with Crippen LogP contribution in [0, 0.1) is 17.7 Å². The molecule has 0 aliphatic heterocycles. The van der Waals surface area contributed by atoms with Crippen LogP contribution in [0.5, 0.6) is 0 Å². The second-order valence-corrected chi connectivity index (χ2v) is 20.8. The van der Waals surface area contributed by atoms with E-state index in [0.717, 1.165) is 38.5 Å². The van der Waals surface area contributed by atoms with Gasteiger partial charge in [0.2, 0.25) is 0 Å². The minimum Gasteiger partial charge on any atom is -0.481 e. The number of nitrogens with zero attached hydrogens (tertiary/aromatic N) is 1. The van der Waals surface area contributed by atoms with Gasteiger partial charge in [-0.1, -0.05) is 157 Å². The average molecular weight is 748 g/mol. The van der Waals surface area contributed by atoms with Gasteiger partial charge in [0, 0.05) is 22.7 Å². The Hall–Kier alpha value is -4.64. The Kier molecular flexibility index (Phi) is 12.7. The lowest BCUT2D eigenvalue weighted by molar-refractivity contribution is -0.138. The van der Waals surface area contributed by atoms with Crippen LogP contribution < -0.4 is 10.4 Å². The Bertz CT molecular complexity index is 2050. The van der Waals surface area contributed by atoms with Crippen molar-refractivity contribution < 1.29 is 27.8 Å². The van der Waals surface area contributed by atoms with Crippen LogP contribution >= 0.6 is 8.03 Å². The van der Waals surface area contributed by atoms with Gasteiger partial charge in [0.25, 0.3) is 8.32 Å². The van der Waals surface area contributed by atoms with E-state index in [0.29, 0.717) is 5.56 Å². The number of carboxylic acids is 1. The van der Waals surface area contributed by atoms with Crippen molar-refractivity contribution in [2.45, 2.75) is 64.5 Å². The summed E-state index contributed by atoms with van der Waals surface area (Å²) in [5, 5.41) is 11.6. The van der Waals surface area contributed by atoms with E-state index in [9.17, 15) is 18.9 Å². The summed E-state index contributed by atoms with van der Waals surface area (Å²) in [4.78, 5) is 17.2. The quantitative estimate of drug-likeness (QED) is 0.0779. The lowest BCUT2D eigenvalue weighted by atomic mass is 9.84. The first-order valence-corrected chi connectivity index (χ1v) is 21.1. The Morgan fingerprint density at radius 2 is 1.38 bits per heavy atom. The average Bonchev–Trinajstić information content (AvgIpc) is 3.12. The van der Waals surface area contributed by atoms with Gasteiger partial charge in [0.1, 0.15) is 12.4 Å². The van der Waals surface area contributed by atoms with Crippen molar-refractivity contribution in [3.8, 4) is 34.2 Å². The minimum absolute atomic E-state index is 0.0788. The van der Waals surface area contributed by atoms with E-state index in [1.807, 2.05) is 97.1 Å². The number of hydrogen-bond acceptors (Lipinski definition) is 5. The molecule has 2 atom stereocenters. The molecule has 0 saturated heterocycles. The molecule has 4 aromatic carbocycles. The molecule has 6 nitrogen and oxygen atoms in total. The second kappa shape index (κ2) is 17.0. The summed E-state index contributed by atoms with van der Waals surface area (Å²) in [7, 11) is -5.91. The Morgan fingerprint density at radius 3 is 1.89 bits per heavy atom. The summed E-state index contributed by atoms with van der Waals surface area (Å²) >= 11 is 0. The largest absolute Gasteiger partial charge is 0.481 e. The van der Waals surface area contributed by atoms with Gasteiger partial charge in [-0.2, -0.15) is 0 Å². The number of aliphatic carboxylic acids is 1. The smallest absolute Gasteiger partial charge is 0.305 e. The summed E-state index contributed by atoms with van der Waals surface area (Å²) in [6.45, 7) is 12.4. The van der Waals surface area contributed by atoms with Gasteiger partial charge in [-0.15, -0.1) is 0 Å². The Labute approximate surface area is 314 Å². The molecule has 274 valence electrons. The predicted octanol–water partition coefficient (Wildman–Crippen LogP) is 9.11. The number of rotatable bonds is 12. The number of carboxylic acid groups (broad SMARTS) is 1. The summed E-state index contributed by atoms with van der Waals surface area (Å²) in [6, 6.07) is 38.0. The zero-order valence-corrected chi connectivity index (χ0v) is 33.2. The van der Waals surface area contributed by atoms with Crippen LogP contribution in [0.1, 0.15) is 59.2 Å². The Morgan fingerprint density at radius 1 is 0.830 bits per heavy atom. The molecule has 0 amide bonds. The van der Waals surface area contributed by atoms with Crippen molar-refractivity contribution >= 4 is 32.7 Å². The molecule has 0 fully saturated rings. The van der Waals surface area contributed by atoms with Gasteiger partial charge < -0.3 is 14.1 Å². The van der Waals surface area contributed by atoms with Crippen LogP contribution in [0.3, 0.4) is 0 Å². The number of carbonyl (C=O) groups is 1. The first-order chi connectivity index (χ1) is 25.2. The fraction of sp³-hybridized carbons (Fsp3) is 0.273. The van der Waals surface area contributed by atoms with Crippen LogP contribution in [0.4, 0.5) is 4.39 Å². The zero-order valence-electron chi connectivity index (χ0n) is 31.2. The lowest BCUT2D eigenvalue weighted by Gasteiger charge is -2.45. The zero-order chi connectivity index (χ0) is 38.2. The first-order valence-electron chi connectivity index (χ1n) is 17.7. The minimum atomic E-state index is -3.12. The van der Waals surface area contributed by atoms with Gasteiger partial charge in [-0.25, -0.2) is 4.39 Å². The standard InChI is InChI=1S/C44H47FNO5PSi/c1-43(2,3)42-38(39(32-24-26-34(45)27-25-32)30-40(46-42)33-17-10-7-11-18-33)23-16-28-50-52(49)31-35(29-41(47)48)51-53(44(4,5)6,36-19-12-8-13-20-36)37-21-14-9-15-22-37/h7-15,17-22,24-27,30,35,52H,28-29,31H2,1-6H3,(H,47,48)/t35-/m0/s1. The van der Waals surface area contributed by atoms with Crippen molar-refractivity contribution in [2.75, 3.05) is 12.8 Å². The fourth-order valence-electron chi connectivity index (χ4n) is 6.61. The maximum Gasteiger partial charge on any atom is 0.305 e. The summed E-state index contributed by atoms with van der Waals surface area (Å²) in [5.74, 6) is 4.92. The van der Waals surface area contributed by atoms with Crippen LogP contribution in [0.15, 0.2) is 121 Å². The molecule has 1 heterocycles. The molecule has 5 aromatic rings. The summed E-state index contributed by atoms with van der Waals surface area (Å²) in [6.07, 6.45) is -1.28. The summed E-state index contributed by atoms with van der Waals surface area (Å²) < 4.78 is 40.4. The van der Waals surface area contributed by atoms with Crippen LogP contribution in [0.25, 0.3) is 22.4 Å². The van der Waals surface area contributed by atoms with E-state index in [-0.39, 0.29) is 25.0 Å². The molecule has 0 aliphatic carbocycles. The maximum atomic E-state index is 14.0. The molecule has 0 saturated carbocycles. The number of pyridine rings is 1. The van der Waals surface area contributed by atoms with E-state index in [4.69, 9.17) is 13.9 Å². The van der Waals surface area contributed by atoms with E-state index >= 15 is 0 Å². The molecule has 0 bridgehead atoms. The molecule has 9 heteroatoms. The molecule has 1 N–H and O–H groups in total. The number of benzene rings is 4. The van der Waals surface area contributed by atoms with Crippen molar-refractivity contribution in [1.82, 2.24) is 4.98 Å². The van der Waals surface area contributed by atoms with Crippen molar-refractivity contribution in [1.29, 1.82) is 0 Å². The molecule has 53 heavy (non-hydrogen) atoms. The third kappa shape index (κ3) is 9.67. The van der Waals surface area contributed by atoms with E-state index in [1.54, 1.807) is 12.1 Å². The van der Waals surface area contributed by atoms with Gasteiger partial charge in [0.15, 0.2) is 8.03 Å². The highest BCUT2D eigenvalue weighted by Gasteiger charge is 2.51. The van der Waals surface area contributed by atoms with Crippen molar-refractivity contribution in [3.05, 3.63) is 138 Å². The third-order valence-electron chi connectivity index (χ3n) is 9.03. The summed E-state index contributed by atoms with van der Waals surface area (Å²) in [5.41, 5.74) is 4.33. The van der Waals surface area contributed by atoms with Gasteiger partial charge in [0.05, 0.1) is 29.5 Å². The van der Waals surface area contributed by atoms with E-state index in [1.165, 1.54) is 12.1 Å². The van der Waals surface area contributed by atoms with Crippen molar-refractivity contribution in [2.24, 2.45) is 0 Å². The number of halogens is 1. The molecule has 0 aliphatic rings. The normalized spacial score (nSPS) is 13.1. The van der Waals surface area contributed by atoms with Crippen LogP contribution in [-0.2, 0) is 23.7 Å². The van der Waals surface area contributed by atoms with Crippen LogP contribution in [-0.4, -0.2) is 43.2 Å². The van der Waals surface area contributed by atoms with E-state index in [2.05, 4.69) is 53.4 Å². The van der Waals surface area contributed by atoms with Crippen molar-refractivity contribution in [3.63, 3.8) is 0 Å². The number of hydrogen-bond donors (Lipinski definition) is 1. The third-order valence-corrected chi connectivity index (χ3v) is 15.4. The van der Waals surface area contributed by atoms with Gasteiger partial charge in [-0.05, 0) is 39.2 Å². The molecule has 5 rings (SSSR count). The molecule has 1 aromatic heterocycles. The molecule has 0 spiro atoms. The topological polar surface area (TPSA) is 85.7 Å². The van der Waals surface area contributed by atoms with E-state index < -0.39 is 38.9 Å². The van der Waals surface area contributed by atoms with Gasteiger partial charge >= 0.3 is 5.97 Å². The monoisotopic (exact) mass is 747 g/mol.